The van der Waals surface area contributed by atoms with E-state index in [1.165, 1.54) is 18.2 Å². The molecule has 17 heavy (non-hydrogen) atoms. The number of hydrogen-bond acceptors (Lipinski definition) is 1. The summed E-state index contributed by atoms with van der Waals surface area (Å²) in [6.07, 6.45) is 3.30. The fourth-order valence-corrected chi connectivity index (χ4v) is 2.20. The molecule has 0 amide bonds. The number of nitrogens with two attached hydrogens (primary N) is 1. The number of rotatable bonds is 6. The van der Waals surface area contributed by atoms with E-state index in [9.17, 15) is 8.78 Å². The average molecular weight is 241 g/mol. The minimum absolute atomic E-state index is 0.115. The van der Waals surface area contributed by atoms with Crippen LogP contribution in [0.5, 0.6) is 0 Å². The second-order valence-electron chi connectivity index (χ2n) is 4.79. The molecule has 3 heteroatoms. The van der Waals surface area contributed by atoms with Crippen LogP contribution in [0.1, 0.15) is 38.7 Å². The van der Waals surface area contributed by atoms with Crippen molar-refractivity contribution in [2.24, 2.45) is 11.7 Å². The molecule has 0 aromatic heterocycles. The van der Waals surface area contributed by atoms with Crippen molar-refractivity contribution in [1.82, 2.24) is 0 Å². The lowest BCUT2D eigenvalue weighted by Crippen LogP contribution is -2.26. The van der Waals surface area contributed by atoms with Gasteiger partial charge in [0.25, 0.3) is 0 Å². The summed E-state index contributed by atoms with van der Waals surface area (Å²) in [5.74, 6) is -0.489. The van der Waals surface area contributed by atoms with Gasteiger partial charge in [-0.05, 0) is 30.9 Å². The molecule has 2 N–H and O–H groups in total. The van der Waals surface area contributed by atoms with E-state index in [1.54, 1.807) is 0 Å². The average Bonchev–Trinajstić information content (AvgIpc) is 2.24. The highest BCUT2D eigenvalue weighted by molar-refractivity contribution is 5.20. The molecule has 0 aliphatic rings. The van der Waals surface area contributed by atoms with E-state index in [-0.39, 0.29) is 18.0 Å². The van der Waals surface area contributed by atoms with Gasteiger partial charge in [0, 0.05) is 11.6 Å². The SMILES string of the molecule is CCCC(C)CC(N)Cc1c(F)cccc1F. The molecule has 1 nitrogen and oxygen atoms in total. The first kappa shape index (κ1) is 14.1. The van der Waals surface area contributed by atoms with E-state index in [0.29, 0.717) is 5.92 Å². The van der Waals surface area contributed by atoms with E-state index in [0.717, 1.165) is 19.3 Å². The Morgan fingerprint density at radius 1 is 1.24 bits per heavy atom. The van der Waals surface area contributed by atoms with E-state index >= 15 is 0 Å². The first-order valence-electron chi connectivity index (χ1n) is 6.23. The van der Waals surface area contributed by atoms with Crippen molar-refractivity contribution in [3.63, 3.8) is 0 Å². The third kappa shape index (κ3) is 4.43. The van der Waals surface area contributed by atoms with E-state index in [2.05, 4.69) is 13.8 Å². The highest BCUT2D eigenvalue weighted by Crippen LogP contribution is 2.18. The quantitative estimate of drug-likeness (QED) is 0.808. The molecular formula is C14H21F2N. The zero-order valence-electron chi connectivity index (χ0n) is 10.5. The Labute approximate surface area is 102 Å². The van der Waals surface area contributed by atoms with Crippen LogP contribution in [0.4, 0.5) is 8.78 Å². The van der Waals surface area contributed by atoms with E-state index in [1.807, 2.05) is 0 Å². The Morgan fingerprint density at radius 3 is 2.35 bits per heavy atom. The summed E-state index contributed by atoms with van der Waals surface area (Å²) in [7, 11) is 0. The minimum Gasteiger partial charge on any atom is -0.327 e. The minimum atomic E-state index is -0.497. The molecule has 0 saturated carbocycles. The summed E-state index contributed by atoms with van der Waals surface area (Å²) in [5.41, 5.74) is 6.06. The first-order chi connectivity index (χ1) is 8.04. The van der Waals surface area contributed by atoms with E-state index < -0.39 is 11.6 Å². The monoisotopic (exact) mass is 241 g/mol. The van der Waals surface area contributed by atoms with Crippen LogP contribution in [0, 0.1) is 17.6 Å². The van der Waals surface area contributed by atoms with E-state index in [4.69, 9.17) is 5.73 Å². The lowest BCUT2D eigenvalue weighted by molar-refractivity contribution is 0.423. The Kier molecular flexibility index (Phi) is 5.56. The third-order valence-electron chi connectivity index (χ3n) is 3.01. The molecule has 0 saturated heterocycles. The number of hydrogen-bond donors (Lipinski definition) is 1. The van der Waals surface area contributed by atoms with Crippen molar-refractivity contribution in [2.45, 2.75) is 45.6 Å². The molecule has 96 valence electrons. The Balaban J connectivity index is 2.59. The normalized spacial score (nSPS) is 14.6. The van der Waals surface area contributed by atoms with Gasteiger partial charge in [-0.15, -0.1) is 0 Å². The van der Waals surface area contributed by atoms with Gasteiger partial charge in [0.05, 0.1) is 0 Å². The Hall–Kier alpha value is -0.960. The topological polar surface area (TPSA) is 26.0 Å². The molecule has 0 radical (unpaired) electrons. The molecule has 1 rings (SSSR count). The van der Waals surface area contributed by atoms with Crippen molar-refractivity contribution in [3.8, 4) is 0 Å². The Bertz CT molecular complexity index is 332. The van der Waals surface area contributed by atoms with Gasteiger partial charge in [-0.25, -0.2) is 8.78 Å². The highest BCUT2D eigenvalue weighted by Gasteiger charge is 2.14. The molecule has 0 fully saturated rings. The predicted octanol–water partition coefficient (Wildman–Crippen LogP) is 3.66. The van der Waals surface area contributed by atoms with Crippen LogP contribution in [-0.2, 0) is 6.42 Å². The summed E-state index contributed by atoms with van der Waals surface area (Å²) >= 11 is 0. The maximum Gasteiger partial charge on any atom is 0.129 e. The summed E-state index contributed by atoms with van der Waals surface area (Å²) < 4.78 is 26.8. The molecule has 2 unspecified atom stereocenters. The fourth-order valence-electron chi connectivity index (χ4n) is 2.20. The summed E-state index contributed by atoms with van der Waals surface area (Å²) in [5, 5.41) is 0. The lowest BCUT2D eigenvalue weighted by atomic mass is 9.93. The van der Waals surface area contributed by atoms with Gasteiger partial charge >= 0.3 is 0 Å². The first-order valence-corrected chi connectivity index (χ1v) is 6.23. The van der Waals surface area contributed by atoms with Crippen LogP contribution in [0.3, 0.4) is 0 Å². The van der Waals surface area contributed by atoms with Crippen molar-refractivity contribution in [2.75, 3.05) is 0 Å². The van der Waals surface area contributed by atoms with Gasteiger partial charge in [0.1, 0.15) is 11.6 Å². The van der Waals surface area contributed by atoms with Gasteiger partial charge in [-0.3, -0.25) is 0 Å². The van der Waals surface area contributed by atoms with Crippen LogP contribution in [0.15, 0.2) is 18.2 Å². The summed E-state index contributed by atoms with van der Waals surface area (Å²) in [6, 6.07) is 3.75. The summed E-state index contributed by atoms with van der Waals surface area (Å²) in [6.45, 7) is 4.25. The molecule has 1 aromatic rings. The maximum absolute atomic E-state index is 13.4. The molecule has 2 atom stereocenters. The van der Waals surface area contributed by atoms with Crippen LogP contribution < -0.4 is 5.73 Å². The van der Waals surface area contributed by atoms with Crippen molar-refractivity contribution < 1.29 is 8.78 Å². The van der Waals surface area contributed by atoms with Crippen molar-refractivity contribution >= 4 is 0 Å². The van der Waals surface area contributed by atoms with Crippen LogP contribution in [-0.4, -0.2) is 6.04 Å². The zero-order chi connectivity index (χ0) is 12.8. The standard InChI is InChI=1S/C14H21F2N/c1-3-5-10(2)8-11(17)9-12-13(15)6-4-7-14(12)16/h4,6-7,10-11H,3,5,8-9,17H2,1-2H3. The maximum atomic E-state index is 13.4. The number of halogens is 2. The van der Waals surface area contributed by atoms with Crippen LogP contribution >= 0.6 is 0 Å². The molecule has 1 aromatic carbocycles. The van der Waals surface area contributed by atoms with Crippen LogP contribution in [0.2, 0.25) is 0 Å². The van der Waals surface area contributed by atoms with Crippen molar-refractivity contribution in [1.29, 1.82) is 0 Å². The van der Waals surface area contributed by atoms with Crippen molar-refractivity contribution in [3.05, 3.63) is 35.4 Å². The summed E-state index contributed by atoms with van der Waals surface area (Å²) in [4.78, 5) is 0. The number of benzene rings is 1. The second-order valence-corrected chi connectivity index (χ2v) is 4.79. The molecule has 0 bridgehead atoms. The fraction of sp³-hybridized carbons (Fsp3) is 0.571. The zero-order valence-corrected chi connectivity index (χ0v) is 10.5. The molecule has 0 aliphatic heterocycles. The molecule has 0 spiro atoms. The third-order valence-corrected chi connectivity index (χ3v) is 3.01. The largest absolute Gasteiger partial charge is 0.327 e. The van der Waals surface area contributed by atoms with Gasteiger partial charge < -0.3 is 5.73 Å². The Morgan fingerprint density at radius 2 is 1.82 bits per heavy atom. The molecular weight excluding hydrogens is 220 g/mol. The highest BCUT2D eigenvalue weighted by atomic mass is 19.1. The smallest absolute Gasteiger partial charge is 0.129 e. The predicted molar refractivity (Wildman–Crippen MR) is 66.7 cm³/mol. The molecule has 0 aliphatic carbocycles. The second kappa shape index (κ2) is 6.70. The lowest BCUT2D eigenvalue weighted by Gasteiger charge is -2.17. The van der Waals surface area contributed by atoms with Gasteiger partial charge in [-0.1, -0.05) is 32.8 Å². The van der Waals surface area contributed by atoms with Crippen LogP contribution in [0.25, 0.3) is 0 Å². The molecule has 0 heterocycles. The van der Waals surface area contributed by atoms with Gasteiger partial charge in [0.15, 0.2) is 0 Å². The van der Waals surface area contributed by atoms with Gasteiger partial charge in [0.2, 0.25) is 0 Å². The van der Waals surface area contributed by atoms with Gasteiger partial charge in [-0.2, -0.15) is 0 Å².